The molecule has 1 N–H and O–H groups in total. The number of imidazole rings is 2. The lowest BCUT2D eigenvalue weighted by molar-refractivity contribution is 0.323. The Bertz CT molecular complexity index is 1040. The van der Waals surface area contributed by atoms with E-state index in [1.165, 1.54) is 17.4 Å². The molecule has 0 unspecified atom stereocenters. The van der Waals surface area contributed by atoms with Crippen LogP contribution in [0, 0.1) is 13.8 Å². The first kappa shape index (κ1) is 15.2. The van der Waals surface area contributed by atoms with Crippen molar-refractivity contribution in [2.45, 2.75) is 33.2 Å². The summed E-state index contributed by atoms with van der Waals surface area (Å²) in [6, 6.07) is 0. The van der Waals surface area contributed by atoms with Gasteiger partial charge in [0, 0.05) is 31.5 Å². The van der Waals surface area contributed by atoms with Crippen LogP contribution in [0.1, 0.15) is 24.2 Å². The summed E-state index contributed by atoms with van der Waals surface area (Å²) >= 11 is 0. The zero-order valence-corrected chi connectivity index (χ0v) is 14.3. The van der Waals surface area contributed by atoms with Gasteiger partial charge in [0.15, 0.2) is 11.2 Å². The second-order valence-corrected chi connectivity index (χ2v) is 6.61. The Morgan fingerprint density at radius 3 is 2.50 bits per heavy atom. The smallest absolute Gasteiger partial charge is 0.313 e. The summed E-state index contributed by atoms with van der Waals surface area (Å²) in [7, 11) is 1.63. The van der Waals surface area contributed by atoms with Crippen LogP contribution in [0.2, 0.25) is 0 Å². The molecule has 24 heavy (non-hydrogen) atoms. The highest BCUT2D eigenvalue weighted by molar-refractivity contribution is 5.76. The first-order valence-electron chi connectivity index (χ1n) is 8.38. The number of aryl methyl sites for hydroxylation is 2. The number of fused-ring (bicyclic) bond motifs is 3. The van der Waals surface area contributed by atoms with Gasteiger partial charge >= 0.3 is 5.69 Å². The quantitative estimate of drug-likeness (QED) is 0.753. The molecule has 3 aromatic rings. The summed E-state index contributed by atoms with van der Waals surface area (Å²) in [4.78, 5) is 33.6. The molecule has 1 aliphatic heterocycles. The lowest BCUT2D eigenvalue weighted by atomic mass is 10.3. The van der Waals surface area contributed by atoms with Crippen molar-refractivity contribution < 1.29 is 0 Å². The number of aromatic nitrogens is 5. The summed E-state index contributed by atoms with van der Waals surface area (Å²) < 4.78 is 5.41. The second-order valence-electron chi connectivity index (χ2n) is 6.61. The van der Waals surface area contributed by atoms with Crippen LogP contribution in [0.15, 0.2) is 9.59 Å². The molecule has 4 rings (SSSR count). The molecule has 8 heteroatoms. The Hall–Kier alpha value is -2.35. The molecule has 4 heterocycles. The van der Waals surface area contributed by atoms with E-state index in [4.69, 9.17) is 0 Å². The normalized spacial score (nSPS) is 16.0. The number of hydrogen-bond acceptors (Lipinski definition) is 4. The molecule has 0 bridgehead atoms. The van der Waals surface area contributed by atoms with Crippen LogP contribution in [0.3, 0.4) is 0 Å². The van der Waals surface area contributed by atoms with Crippen LogP contribution < -0.4 is 11.2 Å². The van der Waals surface area contributed by atoms with Crippen LogP contribution >= 0.6 is 0 Å². The molecule has 0 saturated carbocycles. The lowest BCUT2D eigenvalue weighted by Crippen LogP contribution is -2.28. The summed E-state index contributed by atoms with van der Waals surface area (Å²) in [5.41, 5.74) is 2.13. The standard InChI is InChI=1S/C16H22N6O2/c1-10-11(2)22-12-13(19(3)16(24)18-14(12)23)17-15(22)21(10)9-8-20-6-4-5-7-20/h4-9H2,1-3H3,(H,18,23,24). The van der Waals surface area contributed by atoms with Gasteiger partial charge in [0.2, 0.25) is 5.78 Å². The van der Waals surface area contributed by atoms with E-state index in [1.54, 1.807) is 7.05 Å². The van der Waals surface area contributed by atoms with E-state index >= 15 is 0 Å². The first-order valence-corrected chi connectivity index (χ1v) is 8.38. The Balaban J connectivity index is 1.91. The van der Waals surface area contributed by atoms with Gasteiger partial charge in [-0.25, -0.2) is 4.79 Å². The van der Waals surface area contributed by atoms with E-state index in [1.807, 2.05) is 11.3 Å². The van der Waals surface area contributed by atoms with Gasteiger partial charge in [-0.2, -0.15) is 4.98 Å². The van der Waals surface area contributed by atoms with E-state index in [2.05, 4.69) is 26.4 Å². The van der Waals surface area contributed by atoms with Gasteiger partial charge in [-0.15, -0.1) is 0 Å². The maximum Gasteiger partial charge on any atom is 0.329 e. The van der Waals surface area contributed by atoms with E-state index < -0.39 is 5.69 Å². The summed E-state index contributed by atoms with van der Waals surface area (Å²) in [5, 5.41) is 0. The zero-order valence-electron chi connectivity index (χ0n) is 14.3. The Morgan fingerprint density at radius 2 is 1.79 bits per heavy atom. The predicted octanol–water partition coefficient (Wildman–Crippen LogP) is 0.389. The van der Waals surface area contributed by atoms with Crippen LogP contribution in [0.25, 0.3) is 16.9 Å². The van der Waals surface area contributed by atoms with Crippen molar-refractivity contribution >= 4 is 16.9 Å². The molecule has 1 fully saturated rings. The summed E-state index contributed by atoms with van der Waals surface area (Å²) in [6.07, 6.45) is 2.54. The van der Waals surface area contributed by atoms with Gasteiger partial charge in [-0.1, -0.05) is 0 Å². The van der Waals surface area contributed by atoms with Crippen LogP contribution in [-0.4, -0.2) is 48.0 Å². The van der Waals surface area contributed by atoms with E-state index in [9.17, 15) is 9.59 Å². The van der Waals surface area contributed by atoms with Gasteiger partial charge in [0.1, 0.15) is 0 Å². The number of likely N-dealkylation sites (tertiary alicyclic amines) is 1. The minimum Gasteiger partial charge on any atom is -0.313 e. The highest BCUT2D eigenvalue weighted by Gasteiger charge is 2.21. The summed E-state index contributed by atoms with van der Waals surface area (Å²) in [6.45, 7) is 8.15. The van der Waals surface area contributed by atoms with Crippen molar-refractivity contribution in [2.75, 3.05) is 19.6 Å². The van der Waals surface area contributed by atoms with E-state index in [0.717, 1.165) is 43.3 Å². The second kappa shape index (κ2) is 5.34. The highest BCUT2D eigenvalue weighted by atomic mass is 16.2. The number of nitrogens with zero attached hydrogens (tertiary/aromatic N) is 5. The van der Waals surface area contributed by atoms with Crippen molar-refractivity contribution in [2.24, 2.45) is 7.05 Å². The number of rotatable bonds is 3. The van der Waals surface area contributed by atoms with Gasteiger partial charge in [0.25, 0.3) is 5.56 Å². The van der Waals surface area contributed by atoms with E-state index in [0.29, 0.717) is 11.2 Å². The fraction of sp³-hybridized carbons (Fsp3) is 0.562. The van der Waals surface area contributed by atoms with Crippen molar-refractivity contribution in [3.05, 3.63) is 32.2 Å². The van der Waals surface area contributed by atoms with Crippen LogP contribution in [0.5, 0.6) is 0 Å². The molecule has 1 aliphatic rings. The van der Waals surface area contributed by atoms with Gasteiger partial charge in [0.05, 0.1) is 0 Å². The average Bonchev–Trinajstić information content (AvgIpc) is 3.23. The number of H-pyrrole nitrogens is 1. The topological polar surface area (TPSA) is 80.3 Å². The number of nitrogens with one attached hydrogen (secondary N) is 1. The van der Waals surface area contributed by atoms with Crippen molar-refractivity contribution in [1.29, 1.82) is 0 Å². The molecule has 0 amide bonds. The third kappa shape index (κ3) is 2.06. The largest absolute Gasteiger partial charge is 0.329 e. The number of hydrogen-bond donors (Lipinski definition) is 1. The average molecular weight is 330 g/mol. The molecule has 0 aromatic carbocycles. The molecule has 0 radical (unpaired) electrons. The van der Waals surface area contributed by atoms with Crippen LogP contribution in [-0.2, 0) is 13.6 Å². The fourth-order valence-corrected chi connectivity index (χ4v) is 3.69. The van der Waals surface area contributed by atoms with E-state index in [-0.39, 0.29) is 5.56 Å². The van der Waals surface area contributed by atoms with Crippen molar-refractivity contribution in [3.8, 4) is 0 Å². The van der Waals surface area contributed by atoms with Crippen molar-refractivity contribution in [1.82, 2.24) is 28.4 Å². The Morgan fingerprint density at radius 1 is 1.08 bits per heavy atom. The van der Waals surface area contributed by atoms with Gasteiger partial charge in [-0.3, -0.25) is 18.7 Å². The molecule has 1 saturated heterocycles. The van der Waals surface area contributed by atoms with Gasteiger partial charge < -0.3 is 9.47 Å². The third-order valence-electron chi connectivity index (χ3n) is 5.24. The molecule has 0 atom stereocenters. The Kier molecular flexibility index (Phi) is 3.38. The molecular weight excluding hydrogens is 308 g/mol. The highest BCUT2D eigenvalue weighted by Crippen LogP contribution is 2.20. The Labute approximate surface area is 138 Å². The monoisotopic (exact) mass is 330 g/mol. The minimum atomic E-state index is -0.439. The molecule has 8 nitrogen and oxygen atoms in total. The minimum absolute atomic E-state index is 0.389. The summed E-state index contributed by atoms with van der Waals surface area (Å²) in [5.74, 6) is 0.728. The van der Waals surface area contributed by atoms with Gasteiger partial charge in [-0.05, 0) is 39.8 Å². The lowest BCUT2D eigenvalue weighted by Gasteiger charge is -2.15. The maximum absolute atomic E-state index is 12.3. The maximum atomic E-state index is 12.3. The SMILES string of the molecule is Cc1c(C)n2c3c(=O)[nH]c(=O)n(C)c3nc2n1CCN1CCCC1. The zero-order chi connectivity index (χ0) is 17.0. The molecule has 3 aromatic heterocycles. The predicted molar refractivity (Wildman–Crippen MR) is 91.7 cm³/mol. The molecule has 128 valence electrons. The van der Waals surface area contributed by atoms with Crippen molar-refractivity contribution in [3.63, 3.8) is 0 Å². The molecule has 0 spiro atoms. The molecule has 0 aliphatic carbocycles. The molecular formula is C16H22N6O2. The third-order valence-corrected chi connectivity index (χ3v) is 5.24. The van der Waals surface area contributed by atoms with Crippen LogP contribution in [0.4, 0.5) is 0 Å². The first-order chi connectivity index (χ1) is 11.5. The fourth-order valence-electron chi connectivity index (χ4n) is 3.69. The number of aromatic amines is 1.